The molecule has 3 atom stereocenters. The van der Waals surface area contributed by atoms with Crippen LogP contribution in [0.25, 0.3) is 0 Å². The number of carbonyl (C=O) groups is 1. The Kier molecular flexibility index (Phi) is 4.18. The Morgan fingerprint density at radius 3 is 2.33 bits per heavy atom. The van der Waals surface area contributed by atoms with Gasteiger partial charge in [-0.25, -0.2) is 0 Å². The minimum atomic E-state index is 0.157. The average Bonchev–Trinajstić information content (AvgIpc) is 3.09. The van der Waals surface area contributed by atoms with Crippen molar-refractivity contribution in [2.24, 2.45) is 29.1 Å². The van der Waals surface area contributed by atoms with E-state index in [1.165, 1.54) is 38.5 Å². The van der Waals surface area contributed by atoms with Gasteiger partial charge in [0.2, 0.25) is 0 Å². The SMILES string of the molecule is CC1CC1CC(CCC1CC1)C(=O)CC(C)(C)C. The molecule has 0 amide bonds. The number of hydrogen-bond acceptors (Lipinski definition) is 1. The van der Waals surface area contributed by atoms with Crippen LogP contribution >= 0.6 is 0 Å². The summed E-state index contributed by atoms with van der Waals surface area (Å²) in [6.45, 7) is 8.88. The molecule has 0 bridgehead atoms. The van der Waals surface area contributed by atoms with E-state index in [2.05, 4.69) is 27.7 Å². The van der Waals surface area contributed by atoms with Gasteiger partial charge in [0.1, 0.15) is 5.78 Å². The second-order valence-electron chi connectivity index (χ2n) is 8.13. The first-order valence-corrected chi connectivity index (χ1v) is 7.88. The van der Waals surface area contributed by atoms with Crippen molar-refractivity contribution in [1.82, 2.24) is 0 Å². The second kappa shape index (κ2) is 5.35. The highest BCUT2D eigenvalue weighted by Gasteiger charge is 2.37. The fraction of sp³-hybridized carbons (Fsp3) is 0.941. The Bertz CT molecular complexity index is 295. The van der Waals surface area contributed by atoms with Crippen molar-refractivity contribution in [2.45, 2.75) is 72.6 Å². The summed E-state index contributed by atoms with van der Waals surface area (Å²) in [5.41, 5.74) is 0.157. The molecule has 1 nitrogen and oxygen atoms in total. The van der Waals surface area contributed by atoms with Crippen molar-refractivity contribution in [1.29, 1.82) is 0 Å². The smallest absolute Gasteiger partial charge is 0.136 e. The van der Waals surface area contributed by atoms with Gasteiger partial charge in [0.05, 0.1) is 0 Å². The molecule has 0 aliphatic heterocycles. The van der Waals surface area contributed by atoms with Gasteiger partial charge in [-0.3, -0.25) is 4.79 Å². The molecule has 3 unspecified atom stereocenters. The van der Waals surface area contributed by atoms with Gasteiger partial charge in [-0.1, -0.05) is 40.5 Å². The van der Waals surface area contributed by atoms with Crippen LogP contribution in [0.3, 0.4) is 0 Å². The number of hydrogen-bond donors (Lipinski definition) is 0. The highest BCUT2D eigenvalue weighted by Crippen LogP contribution is 2.45. The van der Waals surface area contributed by atoms with E-state index in [1.54, 1.807) is 0 Å². The van der Waals surface area contributed by atoms with E-state index in [4.69, 9.17) is 0 Å². The number of rotatable bonds is 7. The van der Waals surface area contributed by atoms with E-state index in [0.717, 1.165) is 24.2 Å². The third-order valence-corrected chi connectivity index (χ3v) is 4.64. The van der Waals surface area contributed by atoms with Gasteiger partial charge in [-0.05, 0) is 48.9 Å². The predicted octanol–water partition coefficient (Wildman–Crippen LogP) is 4.84. The summed E-state index contributed by atoms with van der Waals surface area (Å²) in [5.74, 6) is 3.63. The highest BCUT2D eigenvalue weighted by molar-refractivity contribution is 5.81. The van der Waals surface area contributed by atoms with Crippen LogP contribution in [-0.4, -0.2) is 5.78 Å². The molecule has 1 heteroatoms. The fourth-order valence-electron chi connectivity index (χ4n) is 3.01. The van der Waals surface area contributed by atoms with Crippen LogP contribution in [-0.2, 0) is 4.79 Å². The van der Waals surface area contributed by atoms with E-state index in [9.17, 15) is 4.79 Å². The van der Waals surface area contributed by atoms with Crippen molar-refractivity contribution in [3.05, 3.63) is 0 Å². The minimum Gasteiger partial charge on any atom is -0.299 e. The largest absolute Gasteiger partial charge is 0.299 e. The monoisotopic (exact) mass is 250 g/mol. The van der Waals surface area contributed by atoms with Crippen LogP contribution in [0.2, 0.25) is 0 Å². The Morgan fingerprint density at radius 1 is 1.28 bits per heavy atom. The summed E-state index contributed by atoms with van der Waals surface area (Å²) >= 11 is 0. The predicted molar refractivity (Wildman–Crippen MR) is 76.4 cm³/mol. The van der Waals surface area contributed by atoms with Crippen molar-refractivity contribution in [3.8, 4) is 0 Å². The molecule has 2 fully saturated rings. The quantitative estimate of drug-likeness (QED) is 0.631. The van der Waals surface area contributed by atoms with E-state index < -0.39 is 0 Å². The van der Waals surface area contributed by atoms with Gasteiger partial charge in [0, 0.05) is 12.3 Å². The van der Waals surface area contributed by atoms with Crippen molar-refractivity contribution in [2.75, 3.05) is 0 Å². The summed E-state index contributed by atoms with van der Waals surface area (Å²) in [4.78, 5) is 12.5. The lowest BCUT2D eigenvalue weighted by Crippen LogP contribution is -2.22. The Labute approximate surface area is 113 Å². The van der Waals surface area contributed by atoms with Crippen molar-refractivity contribution in [3.63, 3.8) is 0 Å². The number of ketones is 1. The Morgan fingerprint density at radius 2 is 1.89 bits per heavy atom. The fourth-order valence-corrected chi connectivity index (χ4v) is 3.01. The topological polar surface area (TPSA) is 17.1 Å². The number of carbonyl (C=O) groups excluding carboxylic acids is 1. The van der Waals surface area contributed by atoms with Crippen LogP contribution in [0, 0.1) is 29.1 Å². The second-order valence-corrected chi connectivity index (χ2v) is 8.13. The van der Waals surface area contributed by atoms with Crippen LogP contribution < -0.4 is 0 Å². The zero-order valence-corrected chi connectivity index (χ0v) is 12.7. The zero-order chi connectivity index (χ0) is 13.3. The lowest BCUT2D eigenvalue weighted by Gasteiger charge is -2.22. The molecule has 2 rings (SSSR count). The molecule has 0 N–H and O–H groups in total. The first-order valence-electron chi connectivity index (χ1n) is 7.88. The summed E-state index contributed by atoms with van der Waals surface area (Å²) in [5, 5.41) is 0. The normalized spacial score (nSPS) is 29.1. The molecule has 0 saturated heterocycles. The van der Waals surface area contributed by atoms with Gasteiger partial charge < -0.3 is 0 Å². The van der Waals surface area contributed by atoms with Crippen LogP contribution in [0.1, 0.15) is 72.6 Å². The maximum Gasteiger partial charge on any atom is 0.136 e. The minimum absolute atomic E-state index is 0.157. The Hall–Kier alpha value is -0.330. The molecule has 2 aliphatic rings. The van der Waals surface area contributed by atoms with Crippen LogP contribution in [0.15, 0.2) is 0 Å². The molecule has 0 aromatic carbocycles. The third kappa shape index (κ3) is 4.74. The van der Waals surface area contributed by atoms with Gasteiger partial charge >= 0.3 is 0 Å². The molecule has 18 heavy (non-hydrogen) atoms. The molecule has 2 saturated carbocycles. The van der Waals surface area contributed by atoms with Gasteiger partial charge in [-0.2, -0.15) is 0 Å². The van der Waals surface area contributed by atoms with Crippen molar-refractivity contribution < 1.29 is 4.79 Å². The van der Waals surface area contributed by atoms with Crippen molar-refractivity contribution >= 4 is 5.78 Å². The molecule has 0 radical (unpaired) electrons. The van der Waals surface area contributed by atoms with Gasteiger partial charge in [0.25, 0.3) is 0 Å². The van der Waals surface area contributed by atoms with E-state index in [-0.39, 0.29) is 5.41 Å². The first kappa shape index (κ1) is 14.1. The molecular formula is C17H30O. The maximum absolute atomic E-state index is 12.5. The standard InChI is InChI=1S/C17H30O/c1-12-9-15(12)10-14(8-7-13-5-6-13)16(18)11-17(2,3)4/h12-15H,5-11H2,1-4H3. The molecule has 2 aliphatic carbocycles. The molecule has 0 heterocycles. The first-order chi connectivity index (χ1) is 8.35. The van der Waals surface area contributed by atoms with Crippen LogP contribution in [0.4, 0.5) is 0 Å². The maximum atomic E-state index is 12.5. The third-order valence-electron chi connectivity index (χ3n) is 4.64. The molecule has 0 spiro atoms. The van der Waals surface area contributed by atoms with E-state index in [1.807, 2.05) is 0 Å². The van der Waals surface area contributed by atoms with Crippen LogP contribution in [0.5, 0.6) is 0 Å². The van der Waals surface area contributed by atoms with Gasteiger partial charge in [-0.15, -0.1) is 0 Å². The summed E-state index contributed by atoms with van der Waals surface area (Å²) < 4.78 is 0. The van der Waals surface area contributed by atoms with E-state index >= 15 is 0 Å². The summed E-state index contributed by atoms with van der Waals surface area (Å²) in [6.07, 6.45) is 8.62. The van der Waals surface area contributed by atoms with E-state index in [0.29, 0.717) is 11.7 Å². The summed E-state index contributed by atoms with van der Waals surface area (Å²) in [6, 6.07) is 0. The highest BCUT2D eigenvalue weighted by atomic mass is 16.1. The summed E-state index contributed by atoms with van der Waals surface area (Å²) in [7, 11) is 0. The Balaban J connectivity index is 1.82. The molecular weight excluding hydrogens is 220 g/mol. The molecule has 104 valence electrons. The zero-order valence-electron chi connectivity index (χ0n) is 12.7. The lowest BCUT2D eigenvalue weighted by atomic mass is 9.82. The molecule has 0 aromatic heterocycles. The molecule has 0 aromatic rings. The average molecular weight is 250 g/mol. The van der Waals surface area contributed by atoms with Gasteiger partial charge in [0.15, 0.2) is 0 Å². The lowest BCUT2D eigenvalue weighted by molar-refractivity contribution is -0.125. The number of Topliss-reactive ketones (excluding diaryl/α,β-unsaturated/α-hetero) is 1.